The van der Waals surface area contributed by atoms with Gasteiger partial charge in [0.15, 0.2) is 0 Å². The molecule has 0 atom stereocenters. The molecular formula is C15H21N3O3. The number of carboxylic acids is 1. The molecule has 1 aliphatic carbocycles. The number of anilines is 1. The molecule has 2 rings (SSSR count). The predicted molar refractivity (Wildman–Crippen MR) is 79.2 cm³/mol. The third kappa shape index (κ3) is 4.44. The number of urea groups is 1. The first-order valence-electron chi connectivity index (χ1n) is 7.19. The molecule has 1 heterocycles. The van der Waals surface area contributed by atoms with Crippen LogP contribution in [-0.4, -0.2) is 28.1 Å². The number of aromatic nitrogens is 1. The van der Waals surface area contributed by atoms with Crippen molar-refractivity contribution in [2.75, 3.05) is 5.32 Å². The van der Waals surface area contributed by atoms with Gasteiger partial charge in [-0.15, -0.1) is 0 Å². The molecule has 0 aromatic carbocycles. The summed E-state index contributed by atoms with van der Waals surface area (Å²) in [5.41, 5.74) is 1.90. The molecule has 0 saturated heterocycles. The van der Waals surface area contributed by atoms with E-state index < -0.39 is 5.97 Å². The van der Waals surface area contributed by atoms with Crippen LogP contribution in [0.25, 0.3) is 0 Å². The molecule has 114 valence electrons. The molecule has 0 radical (unpaired) electrons. The minimum Gasteiger partial charge on any atom is -0.481 e. The van der Waals surface area contributed by atoms with E-state index in [0.717, 1.165) is 11.3 Å². The van der Waals surface area contributed by atoms with Crippen LogP contribution in [-0.2, 0) is 4.79 Å². The maximum Gasteiger partial charge on any atom is 0.320 e. The number of carbonyl (C=O) groups excluding carboxylic acids is 1. The van der Waals surface area contributed by atoms with Gasteiger partial charge in [-0.2, -0.15) is 0 Å². The number of nitrogens with zero attached hydrogens (tertiary/aromatic N) is 1. The number of carboxylic acid groups (broad SMARTS) is 1. The lowest BCUT2D eigenvalue weighted by atomic mass is 9.86. The van der Waals surface area contributed by atoms with E-state index in [1.807, 2.05) is 26.0 Å². The van der Waals surface area contributed by atoms with Crippen LogP contribution in [0, 0.1) is 19.8 Å². The lowest BCUT2D eigenvalue weighted by molar-refractivity contribution is -0.142. The van der Waals surface area contributed by atoms with E-state index >= 15 is 0 Å². The zero-order valence-electron chi connectivity index (χ0n) is 12.3. The van der Waals surface area contributed by atoms with Crippen molar-refractivity contribution in [2.24, 2.45) is 5.92 Å². The van der Waals surface area contributed by atoms with Crippen molar-refractivity contribution in [3.05, 3.63) is 23.4 Å². The average molecular weight is 291 g/mol. The summed E-state index contributed by atoms with van der Waals surface area (Å²) in [6.45, 7) is 3.83. The van der Waals surface area contributed by atoms with E-state index in [9.17, 15) is 9.59 Å². The van der Waals surface area contributed by atoms with Crippen molar-refractivity contribution < 1.29 is 14.7 Å². The quantitative estimate of drug-likeness (QED) is 0.797. The second-order valence-corrected chi connectivity index (χ2v) is 5.66. The molecule has 0 bridgehead atoms. The zero-order valence-corrected chi connectivity index (χ0v) is 12.3. The molecule has 6 heteroatoms. The molecule has 3 N–H and O–H groups in total. The molecule has 2 amide bonds. The smallest absolute Gasteiger partial charge is 0.320 e. The second-order valence-electron chi connectivity index (χ2n) is 5.66. The van der Waals surface area contributed by atoms with Crippen LogP contribution in [0.5, 0.6) is 0 Å². The van der Waals surface area contributed by atoms with E-state index in [2.05, 4.69) is 15.6 Å². The lowest BCUT2D eigenvalue weighted by Gasteiger charge is -2.26. The largest absolute Gasteiger partial charge is 0.481 e. The van der Waals surface area contributed by atoms with Crippen LogP contribution in [0.3, 0.4) is 0 Å². The summed E-state index contributed by atoms with van der Waals surface area (Å²) < 4.78 is 0. The number of nitrogens with one attached hydrogen (secondary N) is 2. The van der Waals surface area contributed by atoms with Crippen LogP contribution >= 0.6 is 0 Å². The van der Waals surface area contributed by atoms with Gasteiger partial charge in [0.2, 0.25) is 0 Å². The van der Waals surface area contributed by atoms with Gasteiger partial charge >= 0.3 is 12.0 Å². The summed E-state index contributed by atoms with van der Waals surface area (Å²) in [6, 6.07) is 3.50. The summed E-state index contributed by atoms with van der Waals surface area (Å²) in [4.78, 5) is 27.1. The van der Waals surface area contributed by atoms with Gasteiger partial charge in [-0.3, -0.25) is 10.1 Å². The predicted octanol–water partition coefficient (Wildman–Crippen LogP) is 2.46. The van der Waals surface area contributed by atoms with Crippen molar-refractivity contribution >= 4 is 17.8 Å². The number of rotatable bonds is 3. The van der Waals surface area contributed by atoms with Gasteiger partial charge in [0.1, 0.15) is 5.82 Å². The molecule has 6 nitrogen and oxygen atoms in total. The number of aliphatic carboxylic acids is 1. The lowest BCUT2D eigenvalue weighted by Crippen LogP contribution is -2.41. The Hall–Kier alpha value is -2.11. The topological polar surface area (TPSA) is 91.3 Å². The molecule has 1 aromatic rings. The molecule has 0 aliphatic heterocycles. The number of pyridine rings is 1. The molecule has 0 spiro atoms. The third-order valence-electron chi connectivity index (χ3n) is 3.75. The van der Waals surface area contributed by atoms with Crippen molar-refractivity contribution in [1.29, 1.82) is 0 Å². The van der Waals surface area contributed by atoms with Crippen molar-refractivity contribution in [3.63, 3.8) is 0 Å². The van der Waals surface area contributed by atoms with E-state index in [0.29, 0.717) is 31.5 Å². The van der Waals surface area contributed by atoms with Gasteiger partial charge < -0.3 is 10.4 Å². The first kappa shape index (κ1) is 15.3. The summed E-state index contributed by atoms with van der Waals surface area (Å²) >= 11 is 0. The number of hydrogen-bond acceptors (Lipinski definition) is 3. The maximum atomic E-state index is 11.9. The van der Waals surface area contributed by atoms with Gasteiger partial charge in [-0.1, -0.05) is 0 Å². The fourth-order valence-electron chi connectivity index (χ4n) is 2.73. The van der Waals surface area contributed by atoms with Gasteiger partial charge in [-0.05, 0) is 57.2 Å². The van der Waals surface area contributed by atoms with Crippen LogP contribution in [0.2, 0.25) is 0 Å². The first-order chi connectivity index (χ1) is 9.94. The van der Waals surface area contributed by atoms with Crippen LogP contribution in [0.15, 0.2) is 12.1 Å². The van der Waals surface area contributed by atoms with Crippen molar-refractivity contribution in [1.82, 2.24) is 10.3 Å². The number of aryl methyl sites for hydroxylation is 2. The van der Waals surface area contributed by atoms with Crippen LogP contribution in [0.1, 0.15) is 36.9 Å². The highest BCUT2D eigenvalue weighted by Gasteiger charge is 2.26. The minimum atomic E-state index is -0.739. The molecule has 1 aliphatic rings. The number of carbonyl (C=O) groups is 2. The minimum absolute atomic E-state index is 0.0338. The summed E-state index contributed by atoms with van der Waals surface area (Å²) in [5.74, 6) is -0.478. The molecule has 1 saturated carbocycles. The molecule has 0 unspecified atom stereocenters. The Morgan fingerprint density at radius 2 is 1.86 bits per heavy atom. The fourth-order valence-corrected chi connectivity index (χ4v) is 2.73. The number of hydrogen-bond donors (Lipinski definition) is 3. The average Bonchev–Trinajstić information content (AvgIpc) is 2.37. The SMILES string of the molecule is Cc1cc(C)nc(NC(=O)NC2CCC(C(=O)O)CC2)c1. The first-order valence-corrected chi connectivity index (χ1v) is 7.19. The molecule has 21 heavy (non-hydrogen) atoms. The Labute approximate surface area is 124 Å². The number of amides is 2. The maximum absolute atomic E-state index is 11.9. The highest BCUT2D eigenvalue weighted by molar-refractivity contribution is 5.88. The van der Waals surface area contributed by atoms with Gasteiger partial charge in [0, 0.05) is 11.7 Å². The van der Waals surface area contributed by atoms with Crippen LogP contribution in [0.4, 0.5) is 10.6 Å². The summed E-state index contributed by atoms with van der Waals surface area (Å²) in [7, 11) is 0. The Morgan fingerprint density at radius 3 is 2.43 bits per heavy atom. The van der Waals surface area contributed by atoms with Gasteiger partial charge in [0.25, 0.3) is 0 Å². The molecule has 1 fully saturated rings. The Kier molecular flexibility index (Phi) is 4.77. The second kappa shape index (κ2) is 6.56. The van der Waals surface area contributed by atoms with Gasteiger partial charge in [-0.25, -0.2) is 9.78 Å². The van der Waals surface area contributed by atoms with E-state index in [1.165, 1.54) is 0 Å². The highest BCUT2D eigenvalue weighted by Crippen LogP contribution is 2.24. The Bertz CT molecular complexity index is 517. The third-order valence-corrected chi connectivity index (χ3v) is 3.75. The normalized spacial score (nSPS) is 21.6. The zero-order chi connectivity index (χ0) is 15.4. The highest BCUT2D eigenvalue weighted by atomic mass is 16.4. The van der Waals surface area contributed by atoms with E-state index in [1.54, 1.807) is 0 Å². The van der Waals surface area contributed by atoms with Crippen molar-refractivity contribution in [2.45, 2.75) is 45.6 Å². The molecular weight excluding hydrogens is 270 g/mol. The van der Waals surface area contributed by atoms with Crippen molar-refractivity contribution in [3.8, 4) is 0 Å². The van der Waals surface area contributed by atoms with E-state index in [-0.39, 0.29) is 18.0 Å². The Balaban J connectivity index is 1.84. The summed E-state index contributed by atoms with van der Waals surface area (Å²) in [6.07, 6.45) is 2.62. The Morgan fingerprint density at radius 1 is 1.19 bits per heavy atom. The van der Waals surface area contributed by atoms with E-state index in [4.69, 9.17) is 5.11 Å². The van der Waals surface area contributed by atoms with Crippen LogP contribution < -0.4 is 10.6 Å². The van der Waals surface area contributed by atoms with Gasteiger partial charge in [0.05, 0.1) is 5.92 Å². The summed E-state index contributed by atoms with van der Waals surface area (Å²) in [5, 5.41) is 14.6. The standard InChI is InChI=1S/C15H21N3O3/c1-9-7-10(2)16-13(8-9)18-15(21)17-12-5-3-11(4-6-12)14(19)20/h7-8,11-12H,3-6H2,1-2H3,(H,19,20)(H2,16,17,18,21). The fraction of sp³-hybridized carbons (Fsp3) is 0.533. The molecule has 1 aromatic heterocycles. The monoisotopic (exact) mass is 291 g/mol.